The lowest BCUT2D eigenvalue weighted by molar-refractivity contribution is 0.101. The van der Waals surface area contributed by atoms with Gasteiger partial charge < -0.3 is 9.64 Å². The number of ketones is 1. The van der Waals surface area contributed by atoms with Crippen molar-refractivity contribution in [3.8, 4) is 17.0 Å². The van der Waals surface area contributed by atoms with Crippen LogP contribution in [0.3, 0.4) is 0 Å². The Hall–Kier alpha value is -3.30. The molecular weight excluding hydrogens is 440 g/mol. The summed E-state index contributed by atoms with van der Waals surface area (Å²) in [7, 11) is -3.67. The maximum Gasteiger partial charge on any atom is 0.243 e. The molecule has 0 bridgehead atoms. The van der Waals surface area contributed by atoms with Gasteiger partial charge in [0.05, 0.1) is 17.2 Å². The van der Waals surface area contributed by atoms with E-state index < -0.39 is 10.0 Å². The highest BCUT2D eigenvalue weighted by molar-refractivity contribution is 7.89. The Morgan fingerprint density at radius 3 is 2.39 bits per heavy atom. The third-order valence-electron chi connectivity index (χ3n) is 5.55. The van der Waals surface area contributed by atoms with Crippen molar-refractivity contribution in [1.29, 1.82) is 0 Å². The Balaban J connectivity index is 1.46. The highest BCUT2D eigenvalue weighted by Crippen LogP contribution is 2.25. The number of rotatable bonds is 7. The zero-order valence-corrected chi connectivity index (χ0v) is 19.5. The second kappa shape index (κ2) is 9.68. The van der Waals surface area contributed by atoms with Crippen molar-refractivity contribution in [2.75, 3.05) is 37.7 Å². The largest absolute Gasteiger partial charge is 0.494 e. The summed E-state index contributed by atoms with van der Waals surface area (Å²) in [6.45, 7) is 5.65. The molecule has 2 heterocycles. The van der Waals surface area contributed by atoms with Crippen molar-refractivity contribution in [3.63, 3.8) is 0 Å². The maximum atomic E-state index is 13.1. The second-order valence-corrected chi connectivity index (χ2v) is 9.63. The molecule has 1 aliphatic rings. The molecule has 4 rings (SSSR count). The number of sulfonamides is 1. The number of piperazine rings is 1. The van der Waals surface area contributed by atoms with E-state index in [1.165, 1.54) is 29.7 Å². The second-order valence-electron chi connectivity index (χ2n) is 7.69. The van der Waals surface area contributed by atoms with Gasteiger partial charge in [0, 0.05) is 43.4 Å². The minimum atomic E-state index is -3.67. The molecule has 1 aliphatic heterocycles. The van der Waals surface area contributed by atoms with E-state index in [2.05, 4.69) is 14.9 Å². The molecule has 0 spiro atoms. The van der Waals surface area contributed by atoms with Gasteiger partial charge in [-0.15, -0.1) is 0 Å². The van der Waals surface area contributed by atoms with Crippen molar-refractivity contribution in [2.45, 2.75) is 18.7 Å². The van der Waals surface area contributed by atoms with Gasteiger partial charge >= 0.3 is 0 Å². The van der Waals surface area contributed by atoms with Crippen LogP contribution in [-0.4, -0.2) is 61.3 Å². The first-order valence-electron chi connectivity index (χ1n) is 10.8. The molecule has 0 amide bonds. The van der Waals surface area contributed by atoms with Crippen molar-refractivity contribution < 1.29 is 17.9 Å². The molecule has 3 aromatic rings. The zero-order chi connectivity index (χ0) is 23.4. The van der Waals surface area contributed by atoms with E-state index in [1.54, 1.807) is 12.1 Å². The quantitative estimate of drug-likeness (QED) is 0.494. The number of anilines is 1. The van der Waals surface area contributed by atoms with Gasteiger partial charge in [-0.3, -0.25) is 4.79 Å². The predicted molar refractivity (Wildman–Crippen MR) is 126 cm³/mol. The fraction of sp³-hybridized carbons (Fsp3) is 0.292. The molecule has 8 nitrogen and oxygen atoms in total. The van der Waals surface area contributed by atoms with Gasteiger partial charge in [0.25, 0.3) is 0 Å². The van der Waals surface area contributed by atoms with Crippen LogP contribution in [0.5, 0.6) is 5.75 Å². The van der Waals surface area contributed by atoms with Crippen LogP contribution in [0.1, 0.15) is 24.2 Å². The molecule has 33 heavy (non-hydrogen) atoms. The number of hydrogen-bond acceptors (Lipinski definition) is 7. The lowest BCUT2D eigenvalue weighted by Gasteiger charge is -2.34. The summed E-state index contributed by atoms with van der Waals surface area (Å²) in [6.07, 6.45) is 1.53. The molecular formula is C24H26N4O4S. The fourth-order valence-electron chi connectivity index (χ4n) is 3.75. The first kappa shape index (κ1) is 22.9. The molecule has 0 N–H and O–H groups in total. The Bertz CT molecular complexity index is 1240. The smallest absolute Gasteiger partial charge is 0.243 e. The van der Waals surface area contributed by atoms with Crippen molar-refractivity contribution in [1.82, 2.24) is 14.3 Å². The summed E-state index contributed by atoms with van der Waals surface area (Å²) in [5, 5.41) is 0. The Morgan fingerprint density at radius 1 is 1.00 bits per heavy atom. The minimum absolute atomic E-state index is 0.142. The van der Waals surface area contributed by atoms with Crippen molar-refractivity contribution in [2.24, 2.45) is 0 Å². The van der Waals surface area contributed by atoms with Crippen LogP contribution in [0.25, 0.3) is 11.3 Å². The normalized spacial score (nSPS) is 14.8. The predicted octanol–water partition coefficient (Wildman–Crippen LogP) is 3.26. The molecule has 1 aromatic heterocycles. The fourth-order valence-corrected chi connectivity index (χ4v) is 5.22. The third-order valence-corrected chi connectivity index (χ3v) is 7.45. The first-order valence-corrected chi connectivity index (χ1v) is 12.2. The number of Topliss-reactive ketones (excluding diaryl/α,β-unsaturated/α-hetero) is 1. The van der Waals surface area contributed by atoms with E-state index in [0.29, 0.717) is 38.3 Å². The Labute approximate surface area is 193 Å². The average Bonchev–Trinajstić information content (AvgIpc) is 2.85. The average molecular weight is 467 g/mol. The molecule has 172 valence electrons. The lowest BCUT2D eigenvalue weighted by atomic mass is 10.1. The monoisotopic (exact) mass is 466 g/mol. The zero-order valence-electron chi connectivity index (χ0n) is 18.6. The number of carbonyl (C=O) groups excluding carboxylic acids is 1. The van der Waals surface area contributed by atoms with Gasteiger partial charge in [-0.25, -0.2) is 18.4 Å². The number of benzene rings is 2. The van der Waals surface area contributed by atoms with E-state index in [-0.39, 0.29) is 10.7 Å². The van der Waals surface area contributed by atoms with E-state index in [4.69, 9.17) is 4.74 Å². The van der Waals surface area contributed by atoms with Crippen LogP contribution < -0.4 is 9.64 Å². The number of hydrogen-bond donors (Lipinski definition) is 0. The highest BCUT2D eigenvalue weighted by Gasteiger charge is 2.29. The Kier molecular flexibility index (Phi) is 6.71. The molecule has 0 atom stereocenters. The van der Waals surface area contributed by atoms with Gasteiger partial charge in [-0.1, -0.05) is 12.1 Å². The van der Waals surface area contributed by atoms with Gasteiger partial charge in [0.15, 0.2) is 5.78 Å². The molecule has 0 aliphatic carbocycles. The molecule has 9 heteroatoms. The minimum Gasteiger partial charge on any atom is -0.494 e. The number of ether oxygens (including phenoxy) is 1. The van der Waals surface area contributed by atoms with Crippen LogP contribution in [-0.2, 0) is 10.0 Å². The first-order chi connectivity index (χ1) is 15.9. The molecule has 0 saturated carbocycles. The van der Waals surface area contributed by atoms with Gasteiger partial charge in [0.2, 0.25) is 10.0 Å². The summed E-state index contributed by atoms with van der Waals surface area (Å²) in [6, 6.07) is 15.8. The van der Waals surface area contributed by atoms with Crippen LogP contribution >= 0.6 is 0 Å². The molecule has 2 aromatic carbocycles. The topological polar surface area (TPSA) is 92.7 Å². The lowest BCUT2D eigenvalue weighted by Crippen LogP contribution is -2.49. The van der Waals surface area contributed by atoms with Gasteiger partial charge in [-0.2, -0.15) is 4.31 Å². The van der Waals surface area contributed by atoms with Crippen molar-refractivity contribution in [3.05, 3.63) is 66.5 Å². The van der Waals surface area contributed by atoms with Crippen LogP contribution in [0.2, 0.25) is 0 Å². The number of aromatic nitrogens is 2. The summed E-state index contributed by atoms with van der Waals surface area (Å²) in [5.41, 5.74) is 2.13. The third kappa shape index (κ3) is 5.04. The van der Waals surface area contributed by atoms with E-state index in [1.807, 2.05) is 37.3 Å². The van der Waals surface area contributed by atoms with Crippen LogP contribution in [0.15, 0.2) is 65.8 Å². The van der Waals surface area contributed by atoms with Crippen molar-refractivity contribution >= 4 is 21.6 Å². The van der Waals surface area contributed by atoms with Crippen LogP contribution in [0, 0.1) is 0 Å². The summed E-state index contributed by atoms with van der Waals surface area (Å²) >= 11 is 0. The number of nitrogens with zero attached hydrogens (tertiary/aromatic N) is 4. The summed E-state index contributed by atoms with van der Waals surface area (Å²) < 4.78 is 33.1. The van der Waals surface area contributed by atoms with E-state index >= 15 is 0 Å². The Morgan fingerprint density at radius 2 is 1.73 bits per heavy atom. The number of carbonyl (C=O) groups is 1. The highest BCUT2D eigenvalue weighted by atomic mass is 32.2. The van der Waals surface area contributed by atoms with E-state index in [9.17, 15) is 13.2 Å². The molecule has 0 radical (unpaired) electrons. The van der Waals surface area contributed by atoms with Crippen LogP contribution in [0.4, 0.5) is 5.82 Å². The summed E-state index contributed by atoms with van der Waals surface area (Å²) in [4.78, 5) is 22.6. The van der Waals surface area contributed by atoms with Gasteiger partial charge in [0.1, 0.15) is 17.9 Å². The van der Waals surface area contributed by atoms with E-state index in [0.717, 1.165) is 22.8 Å². The molecule has 1 fully saturated rings. The maximum absolute atomic E-state index is 13.1. The van der Waals surface area contributed by atoms with Gasteiger partial charge in [-0.05, 0) is 50.2 Å². The summed E-state index contributed by atoms with van der Waals surface area (Å²) in [5.74, 6) is 1.40. The standard InChI is InChI=1S/C24H26N4O4S/c1-3-32-21-9-7-19(8-10-21)23-16-24(26-17-25-23)27-11-13-28(14-12-27)33(30,31)22-6-4-5-20(15-22)18(2)29/h4-10,15-17H,3,11-14H2,1-2H3. The SMILES string of the molecule is CCOc1ccc(-c2cc(N3CCN(S(=O)(=O)c4cccc(C(C)=O)c4)CC3)ncn2)cc1. The molecule has 1 saturated heterocycles. The molecule has 0 unspecified atom stereocenters.